The Morgan fingerprint density at radius 2 is 2.09 bits per heavy atom. The molecule has 2 N–H and O–H groups in total. The fraction of sp³-hybridized carbons (Fsp3) is 0.444. The van der Waals surface area contributed by atoms with E-state index in [-0.39, 0.29) is 12.1 Å². The lowest BCUT2D eigenvalue weighted by atomic mass is 10.0. The lowest BCUT2D eigenvalue weighted by Crippen LogP contribution is -2.30. The molecule has 0 spiro atoms. The molecular formula is C18H25NO3S. The Kier molecular flexibility index (Phi) is 6.57. The Hall–Kier alpha value is -1.43. The van der Waals surface area contributed by atoms with Crippen molar-refractivity contribution in [1.29, 1.82) is 0 Å². The Balaban J connectivity index is 1.96. The number of hydrogen-bond acceptors (Lipinski definition) is 5. The van der Waals surface area contributed by atoms with E-state index in [9.17, 15) is 5.11 Å². The maximum Gasteiger partial charge on any atom is 0.132 e. The minimum Gasteiger partial charge on any atom is -0.496 e. The second kappa shape index (κ2) is 8.43. The summed E-state index contributed by atoms with van der Waals surface area (Å²) in [4.78, 5) is 1.13. The fourth-order valence-corrected chi connectivity index (χ4v) is 3.19. The fourth-order valence-electron chi connectivity index (χ4n) is 2.65. The van der Waals surface area contributed by atoms with E-state index in [1.807, 2.05) is 6.26 Å². The SMILES string of the molecule is COc1cc(C(C)NC(C)CC(O)c2ccco2)ccc1SC. The van der Waals surface area contributed by atoms with Crippen LogP contribution in [0.25, 0.3) is 0 Å². The summed E-state index contributed by atoms with van der Waals surface area (Å²) in [6.45, 7) is 4.18. The molecule has 3 unspecified atom stereocenters. The molecular weight excluding hydrogens is 310 g/mol. The Bertz CT molecular complexity index is 600. The van der Waals surface area contributed by atoms with Gasteiger partial charge in [0.25, 0.3) is 0 Å². The molecule has 0 saturated carbocycles. The number of thioether (sulfide) groups is 1. The van der Waals surface area contributed by atoms with Gasteiger partial charge in [0.2, 0.25) is 0 Å². The van der Waals surface area contributed by atoms with Gasteiger partial charge in [0.05, 0.1) is 13.4 Å². The molecule has 0 radical (unpaired) electrons. The van der Waals surface area contributed by atoms with Gasteiger partial charge in [-0.05, 0) is 56.4 Å². The van der Waals surface area contributed by atoms with E-state index in [1.165, 1.54) is 5.56 Å². The number of rotatable bonds is 8. The maximum atomic E-state index is 10.2. The van der Waals surface area contributed by atoms with E-state index >= 15 is 0 Å². The molecule has 0 aliphatic carbocycles. The molecule has 3 atom stereocenters. The quantitative estimate of drug-likeness (QED) is 0.709. The molecule has 126 valence electrons. The van der Waals surface area contributed by atoms with Gasteiger partial charge in [-0.2, -0.15) is 0 Å². The van der Waals surface area contributed by atoms with Crippen molar-refractivity contribution in [2.24, 2.45) is 0 Å². The number of methoxy groups -OCH3 is 1. The Morgan fingerprint density at radius 3 is 2.70 bits per heavy atom. The van der Waals surface area contributed by atoms with Crippen LogP contribution >= 0.6 is 11.8 Å². The molecule has 4 nitrogen and oxygen atoms in total. The van der Waals surface area contributed by atoms with Crippen LogP contribution in [0.2, 0.25) is 0 Å². The van der Waals surface area contributed by atoms with Crippen molar-refractivity contribution in [3.8, 4) is 5.75 Å². The third-order valence-electron chi connectivity index (χ3n) is 3.89. The molecule has 23 heavy (non-hydrogen) atoms. The highest BCUT2D eigenvalue weighted by Gasteiger charge is 2.17. The molecule has 0 aliphatic heterocycles. The van der Waals surface area contributed by atoms with Gasteiger partial charge in [0, 0.05) is 17.0 Å². The minimum absolute atomic E-state index is 0.149. The Labute approximate surface area is 142 Å². The van der Waals surface area contributed by atoms with E-state index < -0.39 is 6.10 Å². The number of furan rings is 1. The number of nitrogens with one attached hydrogen (secondary N) is 1. The highest BCUT2D eigenvalue weighted by molar-refractivity contribution is 7.98. The summed E-state index contributed by atoms with van der Waals surface area (Å²) in [6, 6.07) is 10.2. The monoisotopic (exact) mass is 335 g/mol. The highest BCUT2D eigenvalue weighted by Crippen LogP contribution is 2.30. The van der Waals surface area contributed by atoms with Crippen molar-refractivity contribution in [2.75, 3.05) is 13.4 Å². The van der Waals surface area contributed by atoms with Gasteiger partial charge < -0.3 is 19.6 Å². The third kappa shape index (κ3) is 4.77. The summed E-state index contributed by atoms with van der Waals surface area (Å²) in [6.07, 6.45) is 3.63. The molecule has 5 heteroatoms. The zero-order valence-electron chi connectivity index (χ0n) is 14.1. The molecule has 0 fully saturated rings. The van der Waals surface area contributed by atoms with E-state index in [0.29, 0.717) is 12.2 Å². The number of hydrogen-bond donors (Lipinski definition) is 2. The average molecular weight is 335 g/mol. The van der Waals surface area contributed by atoms with Crippen molar-refractivity contribution >= 4 is 11.8 Å². The summed E-state index contributed by atoms with van der Waals surface area (Å²) < 4.78 is 10.7. The molecule has 0 saturated heterocycles. The van der Waals surface area contributed by atoms with Gasteiger partial charge in [-0.1, -0.05) is 6.07 Å². The maximum absolute atomic E-state index is 10.2. The standard InChI is InChI=1S/C18H25NO3S/c1-12(10-15(20)16-6-5-9-22-16)19-13(2)14-7-8-18(23-4)17(11-14)21-3/h5-9,11-13,15,19-20H,10H2,1-4H3. The average Bonchev–Trinajstić information content (AvgIpc) is 3.08. The smallest absolute Gasteiger partial charge is 0.132 e. The second-order valence-corrected chi connectivity index (χ2v) is 6.52. The van der Waals surface area contributed by atoms with Crippen molar-refractivity contribution in [1.82, 2.24) is 5.32 Å². The zero-order chi connectivity index (χ0) is 16.8. The van der Waals surface area contributed by atoms with Gasteiger partial charge in [-0.15, -0.1) is 11.8 Å². The number of aliphatic hydroxyl groups excluding tert-OH is 1. The van der Waals surface area contributed by atoms with Crippen molar-refractivity contribution in [2.45, 2.75) is 43.4 Å². The Morgan fingerprint density at radius 1 is 1.30 bits per heavy atom. The number of benzene rings is 1. The molecule has 1 aromatic heterocycles. The number of ether oxygens (including phenoxy) is 1. The van der Waals surface area contributed by atoms with Crippen molar-refractivity contribution < 1.29 is 14.3 Å². The van der Waals surface area contributed by atoms with E-state index in [1.54, 1.807) is 37.3 Å². The van der Waals surface area contributed by atoms with Crippen LogP contribution < -0.4 is 10.1 Å². The van der Waals surface area contributed by atoms with Crippen LogP contribution in [0.15, 0.2) is 45.9 Å². The summed E-state index contributed by atoms with van der Waals surface area (Å²) >= 11 is 1.67. The third-order valence-corrected chi connectivity index (χ3v) is 4.67. The number of aliphatic hydroxyl groups is 1. The molecule has 1 heterocycles. The highest BCUT2D eigenvalue weighted by atomic mass is 32.2. The molecule has 2 aromatic rings. The normalized spacial score (nSPS) is 15.2. The minimum atomic E-state index is -0.590. The van der Waals surface area contributed by atoms with Gasteiger partial charge in [0.1, 0.15) is 17.6 Å². The molecule has 0 bridgehead atoms. The van der Waals surface area contributed by atoms with Gasteiger partial charge in [-0.25, -0.2) is 0 Å². The van der Waals surface area contributed by atoms with Crippen LogP contribution in [0, 0.1) is 0 Å². The lowest BCUT2D eigenvalue weighted by molar-refractivity contribution is 0.127. The summed E-state index contributed by atoms with van der Waals surface area (Å²) in [5.41, 5.74) is 1.17. The lowest BCUT2D eigenvalue weighted by Gasteiger charge is -2.22. The first-order valence-corrected chi connectivity index (χ1v) is 8.97. The zero-order valence-corrected chi connectivity index (χ0v) is 14.9. The van der Waals surface area contributed by atoms with Gasteiger partial charge in [-0.3, -0.25) is 0 Å². The molecule has 1 aromatic carbocycles. The second-order valence-electron chi connectivity index (χ2n) is 5.67. The summed E-state index contributed by atoms with van der Waals surface area (Å²) in [5.74, 6) is 1.50. The summed E-state index contributed by atoms with van der Waals surface area (Å²) in [5, 5.41) is 13.7. The van der Waals surface area contributed by atoms with Crippen LogP contribution in [0.4, 0.5) is 0 Å². The predicted molar refractivity (Wildman–Crippen MR) is 94.1 cm³/mol. The summed E-state index contributed by atoms with van der Waals surface area (Å²) in [7, 11) is 1.69. The van der Waals surface area contributed by atoms with Crippen LogP contribution in [0.3, 0.4) is 0 Å². The van der Waals surface area contributed by atoms with Gasteiger partial charge >= 0.3 is 0 Å². The van der Waals surface area contributed by atoms with Crippen LogP contribution in [0.5, 0.6) is 5.75 Å². The van der Waals surface area contributed by atoms with Crippen molar-refractivity contribution in [3.05, 3.63) is 47.9 Å². The predicted octanol–water partition coefficient (Wildman–Crippen LogP) is 4.17. The van der Waals surface area contributed by atoms with Crippen LogP contribution in [-0.4, -0.2) is 24.5 Å². The first kappa shape index (κ1) is 17.9. The molecule has 0 amide bonds. The molecule has 0 aliphatic rings. The van der Waals surface area contributed by atoms with Crippen LogP contribution in [0.1, 0.15) is 43.7 Å². The van der Waals surface area contributed by atoms with Gasteiger partial charge in [0.15, 0.2) is 0 Å². The van der Waals surface area contributed by atoms with E-state index in [2.05, 4.69) is 37.4 Å². The first-order chi connectivity index (χ1) is 11.0. The molecule has 2 rings (SSSR count). The largest absolute Gasteiger partial charge is 0.496 e. The van der Waals surface area contributed by atoms with Crippen LogP contribution in [-0.2, 0) is 0 Å². The first-order valence-electron chi connectivity index (χ1n) is 7.74. The van der Waals surface area contributed by atoms with E-state index in [4.69, 9.17) is 9.15 Å². The topological polar surface area (TPSA) is 54.6 Å². The van der Waals surface area contributed by atoms with Crippen molar-refractivity contribution in [3.63, 3.8) is 0 Å². The van der Waals surface area contributed by atoms with E-state index in [0.717, 1.165) is 10.6 Å².